The molecule has 0 fully saturated rings. The van der Waals surface area contributed by atoms with E-state index in [9.17, 15) is 4.21 Å². The Morgan fingerprint density at radius 3 is 2.35 bits per heavy atom. The highest BCUT2D eigenvalue weighted by molar-refractivity contribution is 7.87. The normalized spacial score (nSPS) is 9.42. The van der Waals surface area contributed by atoms with Gasteiger partial charge < -0.3 is 14.9 Å². The third-order valence-corrected chi connectivity index (χ3v) is 7.90. The summed E-state index contributed by atoms with van der Waals surface area (Å²) in [6.07, 6.45) is 7.32. The summed E-state index contributed by atoms with van der Waals surface area (Å²) in [4.78, 5) is 14.2. The van der Waals surface area contributed by atoms with Crippen LogP contribution in [0.4, 0.5) is 5.69 Å². The molecular weight excluding hydrogens is 577 g/mol. The Labute approximate surface area is 257 Å². The zero-order chi connectivity index (χ0) is 31.3. The van der Waals surface area contributed by atoms with Crippen LogP contribution in [0.15, 0.2) is 142 Å². The van der Waals surface area contributed by atoms with Crippen LogP contribution < -0.4 is 5.73 Å². The van der Waals surface area contributed by atoms with Gasteiger partial charge in [-0.15, -0.1) is 11.3 Å². The summed E-state index contributed by atoms with van der Waals surface area (Å²) < 4.78 is 23.0. The number of anilines is 1. The van der Waals surface area contributed by atoms with Crippen LogP contribution in [-0.4, -0.2) is 24.9 Å². The predicted octanol–water partition coefficient (Wildman–Crippen LogP) is 7.99. The number of aromatic nitrogens is 3. The molecule has 9 heteroatoms. The van der Waals surface area contributed by atoms with E-state index in [4.69, 9.17) is 15.1 Å². The SMILES string of the molecule is C=C=C=C=C=C=C.C=C=C=C=C=COC=C.CCCCS(=O)c1sc2nc(-c3cocn3)nc(-c3ccccc3)c2c1N. The van der Waals surface area contributed by atoms with E-state index >= 15 is 0 Å². The summed E-state index contributed by atoms with van der Waals surface area (Å²) in [5.74, 6) is 1.06. The molecule has 0 aliphatic rings. The Hall–Kier alpha value is -5.54. The number of nitrogens with two attached hydrogens (primary N) is 1. The Morgan fingerprint density at radius 1 is 1.05 bits per heavy atom. The minimum absolute atomic E-state index is 0.460. The number of benzene rings is 1. The molecule has 1 atom stereocenters. The maximum absolute atomic E-state index is 12.7. The third kappa shape index (κ3) is 10.8. The van der Waals surface area contributed by atoms with Crippen molar-refractivity contribution in [3.8, 4) is 22.8 Å². The lowest BCUT2D eigenvalue weighted by Gasteiger charge is -2.06. The number of oxazole rings is 1. The monoisotopic (exact) mass is 604 g/mol. The minimum Gasteiger partial charge on any atom is -0.464 e. The number of nitrogen functional groups attached to an aromatic ring is 1. The molecule has 0 aliphatic carbocycles. The van der Waals surface area contributed by atoms with Crippen molar-refractivity contribution in [2.24, 2.45) is 0 Å². The van der Waals surface area contributed by atoms with E-state index in [1.807, 2.05) is 30.3 Å². The molecule has 3 heterocycles. The molecule has 0 aliphatic heterocycles. The molecule has 0 radical (unpaired) electrons. The van der Waals surface area contributed by atoms with Gasteiger partial charge in [0.05, 0.1) is 33.8 Å². The molecule has 3 aromatic heterocycles. The molecule has 4 rings (SSSR count). The predicted molar refractivity (Wildman–Crippen MR) is 173 cm³/mol. The highest BCUT2D eigenvalue weighted by Gasteiger charge is 2.22. The lowest BCUT2D eigenvalue weighted by molar-refractivity contribution is 0.406. The fourth-order valence-corrected chi connectivity index (χ4v) is 5.86. The van der Waals surface area contributed by atoms with Gasteiger partial charge in [0.25, 0.3) is 0 Å². The first-order chi connectivity index (χ1) is 21.0. The van der Waals surface area contributed by atoms with Crippen LogP contribution in [0, 0.1) is 0 Å². The smallest absolute Gasteiger partial charge is 0.183 e. The summed E-state index contributed by atoms with van der Waals surface area (Å²) in [7, 11) is -1.14. The Balaban J connectivity index is 0.000000334. The van der Waals surface area contributed by atoms with Gasteiger partial charge in [-0.2, -0.15) is 0 Å². The first-order valence-corrected chi connectivity index (χ1v) is 14.7. The Bertz CT molecular complexity index is 1880. The van der Waals surface area contributed by atoms with Gasteiger partial charge in [0.15, 0.2) is 12.2 Å². The van der Waals surface area contributed by atoms with Crippen molar-refractivity contribution >= 4 is 38.0 Å². The molecule has 0 bridgehead atoms. The molecule has 2 N–H and O–H groups in total. The van der Waals surface area contributed by atoms with Crippen molar-refractivity contribution in [1.82, 2.24) is 15.0 Å². The highest BCUT2D eigenvalue weighted by Crippen LogP contribution is 2.41. The maximum Gasteiger partial charge on any atom is 0.183 e. The van der Waals surface area contributed by atoms with Crippen molar-refractivity contribution in [3.05, 3.63) is 133 Å². The summed E-state index contributed by atoms with van der Waals surface area (Å²) in [5.41, 5.74) is 30.9. The summed E-state index contributed by atoms with van der Waals surface area (Å²) in [5, 5.41) is 0.748. The fourth-order valence-electron chi connectivity index (χ4n) is 3.09. The molecule has 0 saturated heterocycles. The second-order valence-electron chi connectivity index (χ2n) is 7.74. The van der Waals surface area contributed by atoms with Gasteiger partial charge in [0, 0.05) is 11.3 Å². The van der Waals surface area contributed by atoms with Crippen molar-refractivity contribution < 1.29 is 13.4 Å². The van der Waals surface area contributed by atoms with E-state index in [-0.39, 0.29) is 0 Å². The Morgan fingerprint density at radius 2 is 1.74 bits per heavy atom. The molecule has 0 saturated carbocycles. The number of fused-ring (bicyclic) bond motifs is 1. The second-order valence-corrected chi connectivity index (χ2v) is 10.5. The fraction of sp³-hybridized carbons (Fsp3) is 0.118. The number of unbranched alkanes of at least 4 members (excludes halogenated alkanes) is 1. The number of thiophene rings is 1. The maximum atomic E-state index is 12.7. The van der Waals surface area contributed by atoms with Gasteiger partial charge in [-0.05, 0) is 60.5 Å². The number of hydrogen-bond acceptors (Lipinski definition) is 8. The zero-order valence-corrected chi connectivity index (χ0v) is 25.2. The van der Waals surface area contributed by atoms with E-state index in [0.717, 1.165) is 23.8 Å². The first kappa shape index (κ1) is 33.7. The quantitative estimate of drug-likeness (QED) is 0.161. The van der Waals surface area contributed by atoms with E-state index < -0.39 is 10.8 Å². The van der Waals surface area contributed by atoms with Gasteiger partial charge >= 0.3 is 0 Å². The summed E-state index contributed by atoms with van der Waals surface area (Å²) >= 11 is 1.37. The lowest BCUT2D eigenvalue weighted by atomic mass is 10.1. The average Bonchev–Trinajstić information content (AvgIpc) is 3.69. The largest absolute Gasteiger partial charge is 0.464 e. The number of nitrogens with zero attached hydrogens (tertiary/aromatic N) is 3. The van der Waals surface area contributed by atoms with Crippen molar-refractivity contribution in [2.75, 3.05) is 11.5 Å². The van der Waals surface area contributed by atoms with Gasteiger partial charge in [0.1, 0.15) is 27.3 Å². The summed E-state index contributed by atoms with van der Waals surface area (Å²) in [6.45, 7) is 15.1. The van der Waals surface area contributed by atoms with E-state index in [1.165, 1.54) is 36.5 Å². The molecular formula is C34H28N4O3S2. The number of hydrogen-bond donors (Lipinski definition) is 1. The van der Waals surface area contributed by atoms with E-state index in [0.29, 0.717) is 37.7 Å². The standard InChI is InChI=1S/C19H18N4O2S2.C8H6O.C7H4/c1-2-3-9-27(24)19-15(20)14-16(12-7-5-4-6-8-12)22-17(23-18(14)26-19)13-10-25-11-21-13;1-3-5-6-7-8-9-4-2;1-3-5-7-6-4-2/h4-8,10-11H,2-3,9,20H2,1H3;4,8H,1-2H2;1-2H2. The van der Waals surface area contributed by atoms with Gasteiger partial charge in [0.2, 0.25) is 0 Å². The molecule has 43 heavy (non-hydrogen) atoms. The molecule has 0 amide bonds. The Kier molecular flexibility index (Phi) is 15.3. The molecule has 214 valence electrons. The zero-order valence-electron chi connectivity index (χ0n) is 23.6. The van der Waals surface area contributed by atoms with Crippen molar-refractivity contribution in [3.63, 3.8) is 0 Å². The van der Waals surface area contributed by atoms with Crippen molar-refractivity contribution in [1.29, 1.82) is 0 Å². The molecule has 1 aromatic carbocycles. The highest BCUT2D eigenvalue weighted by atomic mass is 32.2. The van der Waals surface area contributed by atoms with Crippen LogP contribution >= 0.6 is 11.3 Å². The van der Waals surface area contributed by atoms with Crippen LogP contribution in [-0.2, 0) is 15.5 Å². The molecule has 1 unspecified atom stereocenters. The van der Waals surface area contributed by atoms with Crippen LogP contribution in [0.25, 0.3) is 33.0 Å². The van der Waals surface area contributed by atoms with Crippen molar-refractivity contribution in [2.45, 2.75) is 24.0 Å². The molecule has 0 spiro atoms. The van der Waals surface area contributed by atoms with Gasteiger partial charge in [-0.1, -0.05) is 67.4 Å². The van der Waals surface area contributed by atoms with Gasteiger partial charge in [-0.25, -0.2) is 15.0 Å². The van der Waals surface area contributed by atoms with E-state index in [1.54, 1.807) is 0 Å². The van der Waals surface area contributed by atoms with Crippen LogP contribution in [0.3, 0.4) is 0 Å². The lowest BCUT2D eigenvalue weighted by Crippen LogP contribution is -1.99. The van der Waals surface area contributed by atoms with E-state index in [2.05, 4.69) is 99.5 Å². The minimum atomic E-state index is -1.14. The topological polar surface area (TPSA) is 104 Å². The number of ether oxygens (including phenoxy) is 1. The summed E-state index contributed by atoms with van der Waals surface area (Å²) in [6, 6.07) is 9.78. The van der Waals surface area contributed by atoms with Crippen LogP contribution in [0.5, 0.6) is 0 Å². The second kappa shape index (κ2) is 19.5. The molecule has 7 nitrogen and oxygen atoms in total. The first-order valence-electron chi connectivity index (χ1n) is 12.6. The van der Waals surface area contributed by atoms with Crippen LogP contribution in [0.1, 0.15) is 19.8 Å². The van der Waals surface area contributed by atoms with Gasteiger partial charge in [-0.3, -0.25) is 4.21 Å². The van der Waals surface area contributed by atoms with Crippen LogP contribution in [0.2, 0.25) is 0 Å². The third-order valence-electron chi connectivity index (χ3n) is 4.90. The average molecular weight is 605 g/mol. The molecule has 4 aromatic rings. The number of rotatable bonds is 8.